The Labute approximate surface area is 95.8 Å². The fourth-order valence-electron chi connectivity index (χ4n) is 1.19. The van der Waals surface area contributed by atoms with Crippen molar-refractivity contribution in [2.75, 3.05) is 0 Å². The van der Waals surface area contributed by atoms with Crippen LogP contribution in [0.4, 0.5) is 10.1 Å². The van der Waals surface area contributed by atoms with Gasteiger partial charge in [-0.15, -0.1) is 11.3 Å². The summed E-state index contributed by atoms with van der Waals surface area (Å²) in [5, 5.41) is 13.0. The van der Waals surface area contributed by atoms with Crippen molar-refractivity contribution in [3.05, 3.63) is 37.0 Å². The molecular weight excluding hydrogens is 320 g/mol. The molecule has 0 saturated heterocycles. The van der Waals surface area contributed by atoms with Gasteiger partial charge < -0.3 is 0 Å². The number of hydrogen-bond donors (Lipinski definition) is 0. The molecule has 0 aliphatic rings. The number of nitro benzene ring substituents is 1. The first-order valence-electron chi connectivity index (χ1n) is 3.61. The zero-order chi connectivity index (χ0) is 10.3. The number of hydrogen-bond acceptors (Lipinski definition) is 3. The van der Waals surface area contributed by atoms with Gasteiger partial charge in [-0.2, -0.15) is 0 Å². The number of non-ortho nitro benzene ring substituents is 1. The van der Waals surface area contributed by atoms with Crippen molar-refractivity contribution in [2.24, 2.45) is 0 Å². The van der Waals surface area contributed by atoms with Crippen molar-refractivity contribution < 1.29 is 9.31 Å². The topological polar surface area (TPSA) is 43.1 Å². The van der Waals surface area contributed by atoms with E-state index in [1.54, 1.807) is 11.4 Å². The molecular formula is C8H3FINO2S. The van der Waals surface area contributed by atoms with Crippen LogP contribution in [-0.4, -0.2) is 4.92 Å². The van der Waals surface area contributed by atoms with Crippen LogP contribution in [0.1, 0.15) is 0 Å². The molecule has 1 aromatic carbocycles. The Kier molecular flexibility index (Phi) is 2.40. The Bertz CT molecular complexity index is 525. The first-order chi connectivity index (χ1) is 6.61. The van der Waals surface area contributed by atoms with Crippen LogP contribution in [-0.2, 0) is 0 Å². The predicted octanol–water partition coefficient (Wildman–Crippen LogP) is 3.55. The molecule has 0 aliphatic heterocycles. The lowest BCUT2D eigenvalue weighted by Gasteiger charge is -1.98. The predicted molar refractivity (Wildman–Crippen MR) is 61.2 cm³/mol. The zero-order valence-electron chi connectivity index (χ0n) is 6.66. The maximum absolute atomic E-state index is 13.2. The van der Waals surface area contributed by atoms with Gasteiger partial charge in [0, 0.05) is 5.39 Å². The molecule has 0 unspecified atom stereocenters. The van der Waals surface area contributed by atoms with Crippen molar-refractivity contribution >= 4 is 49.7 Å². The lowest BCUT2D eigenvalue weighted by atomic mass is 10.2. The van der Waals surface area contributed by atoms with Gasteiger partial charge in [0.05, 0.1) is 14.6 Å². The lowest BCUT2D eigenvalue weighted by Crippen LogP contribution is -1.91. The summed E-state index contributed by atoms with van der Waals surface area (Å²) in [7, 11) is 0. The van der Waals surface area contributed by atoms with Crippen LogP contribution < -0.4 is 0 Å². The average Bonchev–Trinajstić information content (AvgIpc) is 2.59. The third kappa shape index (κ3) is 1.38. The Morgan fingerprint density at radius 3 is 2.93 bits per heavy atom. The number of rotatable bonds is 1. The standard InChI is InChI=1S/C8H3FINO2S/c9-5-3-6(11(12)13)8-4(7(5)10)1-2-14-8/h1-3H. The number of halogens is 2. The summed E-state index contributed by atoms with van der Waals surface area (Å²) in [5.74, 6) is -0.539. The molecule has 1 heterocycles. The van der Waals surface area contributed by atoms with Crippen LogP contribution in [0.5, 0.6) is 0 Å². The molecule has 0 aliphatic carbocycles. The Morgan fingerprint density at radius 2 is 2.29 bits per heavy atom. The monoisotopic (exact) mass is 323 g/mol. The van der Waals surface area contributed by atoms with Crippen LogP contribution in [0.15, 0.2) is 17.5 Å². The summed E-state index contributed by atoms with van der Waals surface area (Å²) in [6.07, 6.45) is 0. The van der Waals surface area contributed by atoms with E-state index in [0.717, 1.165) is 6.07 Å². The van der Waals surface area contributed by atoms with E-state index in [9.17, 15) is 14.5 Å². The minimum Gasteiger partial charge on any atom is -0.258 e. The quantitative estimate of drug-likeness (QED) is 0.458. The fraction of sp³-hybridized carbons (Fsp3) is 0. The van der Waals surface area contributed by atoms with E-state index >= 15 is 0 Å². The maximum Gasteiger partial charge on any atom is 0.290 e. The van der Waals surface area contributed by atoms with E-state index < -0.39 is 10.7 Å². The molecule has 0 fully saturated rings. The number of nitrogens with zero attached hydrogens (tertiary/aromatic N) is 1. The summed E-state index contributed by atoms with van der Waals surface area (Å²) in [4.78, 5) is 10.1. The second kappa shape index (κ2) is 3.43. The SMILES string of the molecule is O=[N+]([O-])c1cc(F)c(I)c2ccsc12. The minimum absolute atomic E-state index is 0.159. The van der Waals surface area contributed by atoms with E-state index in [0.29, 0.717) is 13.7 Å². The number of fused-ring (bicyclic) bond motifs is 1. The van der Waals surface area contributed by atoms with Crippen molar-refractivity contribution in [3.63, 3.8) is 0 Å². The summed E-state index contributed by atoms with van der Waals surface area (Å²) in [6.45, 7) is 0. The van der Waals surface area contributed by atoms with E-state index in [2.05, 4.69) is 0 Å². The molecule has 2 rings (SSSR count). The smallest absolute Gasteiger partial charge is 0.258 e. The highest BCUT2D eigenvalue weighted by Crippen LogP contribution is 2.35. The Hall–Kier alpha value is -0.760. The highest BCUT2D eigenvalue weighted by Gasteiger charge is 2.18. The van der Waals surface area contributed by atoms with Crippen molar-refractivity contribution in [1.82, 2.24) is 0 Å². The normalized spacial score (nSPS) is 10.7. The molecule has 14 heavy (non-hydrogen) atoms. The van der Waals surface area contributed by atoms with E-state index in [1.165, 1.54) is 11.3 Å². The fourth-order valence-corrected chi connectivity index (χ4v) is 2.87. The molecule has 0 amide bonds. The average molecular weight is 323 g/mol. The van der Waals surface area contributed by atoms with Gasteiger partial charge in [-0.3, -0.25) is 10.1 Å². The van der Waals surface area contributed by atoms with Gasteiger partial charge >= 0.3 is 0 Å². The van der Waals surface area contributed by atoms with Gasteiger partial charge in [0.2, 0.25) is 0 Å². The summed E-state index contributed by atoms with van der Waals surface area (Å²) in [5.41, 5.74) is -0.159. The zero-order valence-corrected chi connectivity index (χ0v) is 9.63. The number of benzene rings is 1. The molecule has 2 aromatic rings. The van der Waals surface area contributed by atoms with E-state index in [1.807, 2.05) is 22.6 Å². The van der Waals surface area contributed by atoms with Crippen LogP contribution in [0.3, 0.4) is 0 Å². The molecule has 72 valence electrons. The summed E-state index contributed by atoms with van der Waals surface area (Å²) < 4.78 is 14.2. The Balaban J connectivity index is 2.91. The summed E-state index contributed by atoms with van der Waals surface area (Å²) in [6, 6.07) is 2.67. The Morgan fingerprint density at radius 1 is 1.57 bits per heavy atom. The molecule has 0 N–H and O–H groups in total. The van der Waals surface area contributed by atoms with Crippen molar-refractivity contribution in [3.8, 4) is 0 Å². The number of nitro groups is 1. The van der Waals surface area contributed by atoms with Crippen LogP contribution in [0.2, 0.25) is 0 Å². The van der Waals surface area contributed by atoms with Gasteiger partial charge in [0.1, 0.15) is 10.5 Å². The van der Waals surface area contributed by atoms with Crippen LogP contribution in [0, 0.1) is 19.5 Å². The largest absolute Gasteiger partial charge is 0.290 e. The summed E-state index contributed by atoms with van der Waals surface area (Å²) >= 11 is 3.10. The second-order valence-electron chi connectivity index (χ2n) is 2.61. The molecule has 3 nitrogen and oxygen atoms in total. The highest BCUT2D eigenvalue weighted by atomic mass is 127. The molecule has 0 spiro atoms. The van der Waals surface area contributed by atoms with Crippen LogP contribution >= 0.6 is 33.9 Å². The first kappa shape index (κ1) is 9.78. The molecule has 0 atom stereocenters. The van der Waals surface area contributed by atoms with Gasteiger partial charge in [0.15, 0.2) is 0 Å². The molecule has 6 heteroatoms. The maximum atomic E-state index is 13.2. The third-order valence-corrected chi connectivity index (χ3v) is 3.84. The minimum atomic E-state index is -0.558. The third-order valence-electron chi connectivity index (χ3n) is 1.80. The van der Waals surface area contributed by atoms with Gasteiger partial charge in [-0.25, -0.2) is 4.39 Å². The van der Waals surface area contributed by atoms with Crippen molar-refractivity contribution in [1.29, 1.82) is 0 Å². The molecule has 0 saturated carbocycles. The first-order valence-corrected chi connectivity index (χ1v) is 5.56. The molecule has 0 radical (unpaired) electrons. The van der Waals surface area contributed by atoms with Crippen molar-refractivity contribution in [2.45, 2.75) is 0 Å². The number of thiophene rings is 1. The highest BCUT2D eigenvalue weighted by molar-refractivity contribution is 14.1. The molecule has 0 bridgehead atoms. The van der Waals surface area contributed by atoms with Crippen LogP contribution in [0.25, 0.3) is 10.1 Å². The van der Waals surface area contributed by atoms with E-state index in [4.69, 9.17) is 0 Å². The van der Waals surface area contributed by atoms with Gasteiger partial charge in [0.25, 0.3) is 5.69 Å². The second-order valence-corrected chi connectivity index (χ2v) is 4.61. The van der Waals surface area contributed by atoms with Gasteiger partial charge in [-0.05, 0) is 34.0 Å². The van der Waals surface area contributed by atoms with Gasteiger partial charge in [-0.1, -0.05) is 0 Å². The molecule has 1 aromatic heterocycles. The van der Waals surface area contributed by atoms with E-state index in [-0.39, 0.29) is 5.69 Å². The lowest BCUT2D eigenvalue weighted by molar-refractivity contribution is -0.383.